The third kappa shape index (κ3) is 20.0. The van der Waals surface area contributed by atoms with Gasteiger partial charge in [-0.2, -0.15) is 0 Å². The normalized spacial score (nSPS) is 4.50. The van der Waals surface area contributed by atoms with Crippen LogP contribution in [0.25, 0.3) is 0 Å². The summed E-state index contributed by atoms with van der Waals surface area (Å²) in [5.41, 5.74) is 0. The second-order valence-electron chi connectivity index (χ2n) is 0.408. The van der Waals surface area contributed by atoms with Crippen molar-refractivity contribution >= 4 is 0 Å². The van der Waals surface area contributed by atoms with Gasteiger partial charge in [-0.15, -0.1) is 0 Å². The molecule has 0 atom stereocenters. The predicted molar refractivity (Wildman–Crippen MR) is 14.0 cm³/mol. The molecule has 0 saturated carbocycles. The van der Waals surface area contributed by atoms with E-state index in [1.165, 1.54) is 0 Å². The average molecular weight is 54.0 g/mol. The van der Waals surface area contributed by atoms with Gasteiger partial charge in [0.1, 0.15) is 0 Å². The van der Waals surface area contributed by atoms with E-state index in [1.807, 2.05) is 0 Å². The molecule has 0 aromatic heterocycles. The number of rotatable bonds is 0. The Morgan fingerprint density at radius 3 is 1.50 bits per heavy atom. The number of hydrogen-bond acceptors (Lipinski definition) is 1. The molecule has 0 amide bonds. The largest absolute Gasteiger partial charge is 1.00 e. The molecule has 0 aliphatic rings. The molecule has 2 heteroatoms. The Kier molecular flexibility index (Phi) is 21.1. The van der Waals surface area contributed by atoms with E-state index in [4.69, 9.17) is 0 Å². The molecule has 0 rings (SSSR count). The summed E-state index contributed by atoms with van der Waals surface area (Å²) in [7, 11) is 3.25. The zero-order valence-electron chi connectivity index (χ0n) is 4.41. The summed E-state index contributed by atoms with van der Waals surface area (Å²) in [5.74, 6) is 0. The van der Waals surface area contributed by atoms with Crippen molar-refractivity contribution in [3.63, 3.8) is 0 Å². The summed E-state index contributed by atoms with van der Waals surface area (Å²) < 4.78 is 4.25. The first-order chi connectivity index (χ1) is 1.41. The van der Waals surface area contributed by atoms with Crippen molar-refractivity contribution < 1.29 is 25.0 Å². The molecule has 0 aliphatic heterocycles. The summed E-state index contributed by atoms with van der Waals surface area (Å²) in [6.45, 7) is 0. The van der Waals surface area contributed by atoms with E-state index < -0.39 is 0 Å². The maximum atomic E-state index is 4.25. The predicted octanol–water partition coefficient (Wildman–Crippen LogP) is -2.62. The minimum atomic E-state index is 0. The molecule has 0 unspecified atom stereocenters. The van der Waals surface area contributed by atoms with E-state index in [0.717, 1.165) is 0 Å². The van der Waals surface area contributed by atoms with Gasteiger partial charge in [-0.25, -0.2) is 0 Å². The Balaban J connectivity index is -0.0000000200. The van der Waals surface area contributed by atoms with Crippen molar-refractivity contribution in [3.8, 4) is 0 Å². The molecule has 0 aromatic carbocycles. The van der Waals surface area contributed by atoms with Crippen LogP contribution in [0, 0.1) is 0 Å². The van der Waals surface area contributed by atoms with Crippen molar-refractivity contribution in [2.24, 2.45) is 0 Å². The van der Waals surface area contributed by atoms with E-state index in [-0.39, 0.29) is 20.3 Å². The summed E-state index contributed by atoms with van der Waals surface area (Å²) in [6, 6.07) is 0. The standard InChI is InChI=1S/C2H6O.Li.H/c1-3-2;;/h1-2H3;;/q;+1;-1. The Hall–Kier alpha value is 0.557. The Morgan fingerprint density at radius 2 is 1.50 bits per heavy atom. The van der Waals surface area contributed by atoms with Gasteiger partial charge in [0.15, 0.2) is 0 Å². The summed E-state index contributed by atoms with van der Waals surface area (Å²) in [4.78, 5) is 0. The van der Waals surface area contributed by atoms with E-state index in [0.29, 0.717) is 0 Å². The number of hydrogen-bond donors (Lipinski definition) is 0. The average Bonchev–Trinajstić information content (AvgIpc) is 0.918. The third-order valence-corrected chi connectivity index (χ3v) is 0. The molecule has 0 spiro atoms. The molecular formula is C2H7LiO. The van der Waals surface area contributed by atoms with Gasteiger partial charge in [-0.05, 0) is 0 Å². The fourth-order valence-corrected chi connectivity index (χ4v) is 0. The van der Waals surface area contributed by atoms with Crippen LogP contribution in [0.4, 0.5) is 0 Å². The fourth-order valence-electron chi connectivity index (χ4n) is 0. The van der Waals surface area contributed by atoms with Gasteiger partial charge in [0.2, 0.25) is 0 Å². The van der Waals surface area contributed by atoms with Crippen LogP contribution in [-0.4, -0.2) is 14.2 Å². The van der Waals surface area contributed by atoms with Crippen LogP contribution in [0.3, 0.4) is 0 Å². The molecule has 0 aliphatic carbocycles. The first kappa shape index (κ1) is 8.82. The summed E-state index contributed by atoms with van der Waals surface area (Å²) >= 11 is 0. The van der Waals surface area contributed by atoms with Crippen LogP contribution in [0.15, 0.2) is 0 Å². The van der Waals surface area contributed by atoms with Crippen molar-refractivity contribution in [2.45, 2.75) is 0 Å². The monoisotopic (exact) mass is 54.1 g/mol. The topological polar surface area (TPSA) is 9.23 Å². The summed E-state index contributed by atoms with van der Waals surface area (Å²) in [6.07, 6.45) is 0. The van der Waals surface area contributed by atoms with Gasteiger partial charge in [-0.3, -0.25) is 0 Å². The fraction of sp³-hybridized carbons (Fsp3) is 1.00. The van der Waals surface area contributed by atoms with Crippen LogP contribution in [0.1, 0.15) is 1.43 Å². The van der Waals surface area contributed by atoms with Gasteiger partial charge in [-0.1, -0.05) is 0 Å². The second kappa shape index (κ2) is 9.59. The van der Waals surface area contributed by atoms with Gasteiger partial charge in [0.25, 0.3) is 0 Å². The SMILES string of the molecule is COC.[H-].[Li+]. The second-order valence-corrected chi connectivity index (χ2v) is 0.408. The molecule has 0 bridgehead atoms. The van der Waals surface area contributed by atoms with Crippen molar-refractivity contribution in [3.05, 3.63) is 0 Å². The molecule has 0 heterocycles. The van der Waals surface area contributed by atoms with Crippen LogP contribution in [0.2, 0.25) is 0 Å². The molecule has 22 valence electrons. The maximum Gasteiger partial charge on any atom is 1.00 e. The summed E-state index contributed by atoms with van der Waals surface area (Å²) in [5, 5.41) is 0. The molecule has 4 heavy (non-hydrogen) atoms. The molecule has 0 fully saturated rings. The van der Waals surface area contributed by atoms with Crippen LogP contribution in [0.5, 0.6) is 0 Å². The third-order valence-electron chi connectivity index (χ3n) is 0. The first-order valence-electron chi connectivity index (χ1n) is 0.816. The maximum absolute atomic E-state index is 4.25. The van der Waals surface area contributed by atoms with Crippen molar-refractivity contribution in [1.82, 2.24) is 0 Å². The van der Waals surface area contributed by atoms with Gasteiger partial charge >= 0.3 is 18.9 Å². The smallest absolute Gasteiger partial charge is 1.00 e. The number of ether oxygens (including phenoxy) is 1. The minimum absolute atomic E-state index is 0. The van der Waals surface area contributed by atoms with E-state index in [2.05, 4.69) is 4.74 Å². The van der Waals surface area contributed by atoms with Gasteiger partial charge in [0, 0.05) is 14.2 Å². The van der Waals surface area contributed by atoms with E-state index in [1.54, 1.807) is 14.2 Å². The van der Waals surface area contributed by atoms with Crippen LogP contribution in [-0.2, 0) is 4.74 Å². The van der Waals surface area contributed by atoms with Gasteiger partial charge < -0.3 is 6.16 Å². The zero-order chi connectivity index (χ0) is 2.71. The van der Waals surface area contributed by atoms with E-state index >= 15 is 0 Å². The molecule has 0 radical (unpaired) electrons. The van der Waals surface area contributed by atoms with Crippen LogP contribution >= 0.6 is 0 Å². The number of methoxy groups -OCH3 is 1. The van der Waals surface area contributed by atoms with Crippen molar-refractivity contribution in [2.75, 3.05) is 14.2 Å². The first-order valence-corrected chi connectivity index (χ1v) is 0.816. The molecule has 1 nitrogen and oxygen atoms in total. The van der Waals surface area contributed by atoms with Gasteiger partial charge in [0.05, 0.1) is 0 Å². The van der Waals surface area contributed by atoms with Crippen molar-refractivity contribution in [1.29, 1.82) is 0 Å². The Bertz CT molecular complexity index is 9.61. The molecular weight excluding hydrogens is 47.0 g/mol. The molecule has 0 N–H and O–H groups in total. The Labute approximate surface area is 40.0 Å². The quantitative estimate of drug-likeness (QED) is 0.275. The zero-order valence-corrected chi connectivity index (χ0v) is 3.41. The van der Waals surface area contributed by atoms with Crippen LogP contribution < -0.4 is 18.9 Å². The van der Waals surface area contributed by atoms with E-state index in [9.17, 15) is 0 Å². The molecule has 0 aromatic rings. The molecule has 0 saturated heterocycles. The minimum Gasteiger partial charge on any atom is -1.00 e. The Morgan fingerprint density at radius 1 is 1.50 bits per heavy atom.